The Labute approximate surface area is 118 Å². The number of hydrogen-bond donors (Lipinski definition) is 0. The Morgan fingerprint density at radius 1 is 1.05 bits per heavy atom. The molecule has 2 amide bonds. The van der Waals surface area contributed by atoms with Gasteiger partial charge in [0.05, 0.1) is 22.9 Å². The number of cyclic esters (lactones) is 2. The molecule has 20 heavy (non-hydrogen) atoms. The van der Waals surface area contributed by atoms with Crippen molar-refractivity contribution in [3.05, 3.63) is 35.4 Å². The van der Waals surface area contributed by atoms with E-state index in [4.69, 9.17) is 11.6 Å². The standard InChI is InChI=1S/C13H8ClNO5/c14-8-5-9(16)20-13(19)10(8)15-11(17)6-3-1-2-4-7(6)12(15)18/h1-4,8,10H,5H2/t8-,10+/m0/s1. The molecule has 2 aliphatic rings. The van der Waals surface area contributed by atoms with Crippen LogP contribution in [0.4, 0.5) is 0 Å². The maximum atomic E-state index is 12.2. The molecule has 6 nitrogen and oxygen atoms in total. The van der Waals surface area contributed by atoms with Crippen LogP contribution in [0.15, 0.2) is 24.3 Å². The summed E-state index contributed by atoms with van der Waals surface area (Å²) in [7, 11) is 0. The third kappa shape index (κ3) is 1.72. The lowest BCUT2D eigenvalue weighted by Crippen LogP contribution is -2.54. The van der Waals surface area contributed by atoms with E-state index in [2.05, 4.69) is 4.74 Å². The summed E-state index contributed by atoms with van der Waals surface area (Å²) in [5.74, 6) is -2.95. The number of ether oxygens (including phenoxy) is 1. The van der Waals surface area contributed by atoms with Crippen LogP contribution in [0.5, 0.6) is 0 Å². The topological polar surface area (TPSA) is 80.8 Å². The van der Waals surface area contributed by atoms with Gasteiger partial charge in [-0.05, 0) is 12.1 Å². The zero-order valence-electron chi connectivity index (χ0n) is 10.0. The van der Waals surface area contributed by atoms with Crippen LogP contribution in [-0.4, -0.2) is 40.1 Å². The van der Waals surface area contributed by atoms with Gasteiger partial charge in [-0.1, -0.05) is 12.1 Å². The number of fused-ring (bicyclic) bond motifs is 1. The van der Waals surface area contributed by atoms with Gasteiger partial charge in [0.15, 0.2) is 6.04 Å². The molecule has 0 N–H and O–H groups in total. The van der Waals surface area contributed by atoms with Crippen molar-refractivity contribution >= 4 is 35.4 Å². The molecule has 2 atom stereocenters. The minimum atomic E-state index is -1.28. The Morgan fingerprint density at radius 3 is 2.10 bits per heavy atom. The van der Waals surface area contributed by atoms with Gasteiger partial charge in [-0.3, -0.25) is 19.3 Å². The second kappa shape index (κ2) is 4.42. The number of alkyl halides is 1. The highest BCUT2D eigenvalue weighted by Gasteiger charge is 2.49. The van der Waals surface area contributed by atoms with Crippen LogP contribution in [-0.2, 0) is 14.3 Å². The summed E-state index contributed by atoms with van der Waals surface area (Å²) < 4.78 is 4.47. The molecule has 0 aromatic heterocycles. The van der Waals surface area contributed by atoms with Crippen LogP contribution < -0.4 is 0 Å². The van der Waals surface area contributed by atoms with E-state index >= 15 is 0 Å². The summed E-state index contributed by atoms with van der Waals surface area (Å²) in [6, 6.07) is 4.96. The minimum Gasteiger partial charge on any atom is -0.392 e. The van der Waals surface area contributed by atoms with Crippen molar-refractivity contribution in [2.75, 3.05) is 0 Å². The molecule has 102 valence electrons. The molecule has 3 rings (SSSR count). The summed E-state index contributed by atoms with van der Waals surface area (Å²) in [6.45, 7) is 0. The van der Waals surface area contributed by atoms with E-state index in [1.54, 1.807) is 12.1 Å². The van der Waals surface area contributed by atoms with Gasteiger partial charge in [0, 0.05) is 0 Å². The van der Waals surface area contributed by atoms with E-state index in [-0.39, 0.29) is 17.5 Å². The summed E-state index contributed by atoms with van der Waals surface area (Å²) in [5, 5.41) is -0.981. The second-order valence-corrected chi connectivity index (χ2v) is 5.04. The third-order valence-electron chi connectivity index (χ3n) is 3.26. The largest absolute Gasteiger partial charge is 0.392 e. The van der Waals surface area contributed by atoms with E-state index < -0.39 is 35.2 Å². The van der Waals surface area contributed by atoms with Gasteiger partial charge >= 0.3 is 11.9 Å². The lowest BCUT2D eigenvalue weighted by molar-refractivity contribution is -0.166. The first-order valence-corrected chi connectivity index (χ1v) is 6.30. The minimum absolute atomic E-state index is 0.214. The van der Waals surface area contributed by atoms with E-state index in [1.165, 1.54) is 12.1 Å². The van der Waals surface area contributed by atoms with Crippen molar-refractivity contribution < 1.29 is 23.9 Å². The van der Waals surface area contributed by atoms with Gasteiger partial charge in [0.25, 0.3) is 11.8 Å². The molecule has 0 spiro atoms. The van der Waals surface area contributed by atoms with Crippen molar-refractivity contribution in [1.29, 1.82) is 0 Å². The normalized spacial score (nSPS) is 25.8. The molecule has 0 bridgehead atoms. The van der Waals surface area contributed by atoms with Crippen molar-refractivity contribution in [1.82, 2.24) is 4.90 Å². The lowest BCUT2D eigenvalue weighted by atomic mass is 10.1. The maximum Gasteiger partial charge on any atom is 0.338 e. The molecule has 2 aliphatic heterocycles. The first-order valence-electron chi connectivity index (χ1n) is 5.86. The van der Waals surface area contributed by atoms with Crippen molar-refractivity contribution in [3.63, 3.8) is 0 Å². The third-order valence-corrected chi connectivity index (χ3v) is 3.66. The van der Waals surface area contributed by atoms with E-state index in [1.807, 2.05) is 0 Å². The Hall–Kier alpha value is -2.21. The highest BCUT2D eigenvalue weighted by molar-refractivity contribution is 6.28. The average molecular weight is 294 g/mol. The predicted octanol–water partition coefficient (Wildman–Crippen LogP) is 0.732. The number of halogens is 1. The molecule has 1 aromatic rings. The van der Waals surface area contributed by atoms with Crippen molar-refractivity contribution in [3.8, 4) is 0 Å². The summed E-state index contributed by atoms with van der Waals surface area (Å²) >= 11 is 5.96. The summed E-state index contributed by atoms with van der Waals surface area (Å²) in [6.07, 6.45) is -0.231. The predicted molar refractivity (Wildman–Crippen MR) is 66.1 cm³/mol. The number of carbonyl (C=O) groups is 4. The molecular formula is C13H8ClNO5. The molecule has 0 radical (unpaired) electrons. The smallest absolute Gasteiger partial charge is 0.338 e. The molecule has 0 unspecified atom stereocenters. The Morgan fingerprint density at radius 2 is 1.60 bits per heavy atom. The number of esters is 2. The van der Waals surface area contributed by atoms with Gasteiger partial charge < -0.3 is 4.74 Å². The van der Waals surface area contributed by atoms with Crippen LogP contribution in [0, 0.1) is 0 Å². The van der Waals surface area contributed by atoms with E-state index in [0.29, 0.717) is 0 Å². The number of imide groups is 1. The molecule has 0 saturated carbocycles. The number of carbonyl (C=O) groups excluding carboxylic acids is 4. The lowest BCUT2D eigenvalue weighted by Gasteiger charge is -2.30. The Balaban J connectivity index is 2.00. The molecule has 1 aromatic carbocycles. The first-order chi connectivity index (χ1) is 9.50. The van der Waals surface area contributed by atoms with Gasteiger partial charge in [-0.15, -0.1) is 11.6 Å². The van der Waals surface area contributed by atoms with Crippen LogP contribution >= 0.6 is 11.6 Å². The number of nitrogens with zero attached hydrogens (tertiary/aromatic N) is 1. The van der Waals surface area contributed by atoms with Crippen molar-refractivity contribution in [2.24, 2.45) is 0 Å². The molecule has 1 saturated heterocycles. The first kappa shape index (κ1) is 12.8. The van der Waals surface area contributed by atoms with Crippen LogP contribution in [0.3, 0.4) is 0 Å². The van der Waals surface area contributed by atoms with E-state index in [9.17, 15) is 19.2 Å². The monoisotopic (exact) mass is 293 g/mol. The van der Waals surface area contributed by atoms with Gasteiger partial charge in [-0.25, -0.2) is 4.79 Å². The molecular weight excluding hydrogens is 286 g/mol. The fourth-order valence-electron chi connectivity index (χ4n) is 2.36. The SMILES string of the molecule is O=C1C[C@H](Cl)[C@@H](N2C(=O)c3ccccc3C2=O)C(=O)O1. The fraction of sp³-hybridized carbons (Fsp3) is 0.231. The number of rotatable bonds is 1. The average Bonchev–Trinajstić information content (AvgIpc) is 2.64. The number of hydrogen-bond acceptors (Lipinski definition) is 5. The van der Waals surface area contributed by atoms with E-state index in [0.717, 1.165) is 4.90 Å². The zero-order chi connectivity index (χ0) is 14.4. The zero-order valence-corrected chi connectivity index (χ0v) is 10.8. The molecule has 2 heterocycles. The maximum absolute atomic E-state index is 12.2. The molecule has 1 fully saturated rings. The van der Waals surface area contributed by atoms with Gasteiger partial charge in [0.1, 0.15) is 0 Å². The Kier molecular flexibility index (Phi) is 2.83. The van der Waals surface area contributed by atoms with Gasteiger partial charge in [-0.2, -0.15) is 0 Å². The summed E-state index contributed by atoms with van der Waals surface area (Å²) in [5.41, 5.74) is 0.428. The van der Waals surface area contributed by atoms with Gasteiger partial charge in [0.2, 0.25) is 0 Å². The van der Waals surface area contributed by atoms with Crippen LogP contribution in [0.1, 0.15) is 27.1 Å². The quantitative estimate of drug-likeness (QED) is 0.330. The highest BCUT2D eigenvalue weighted by atomic mass is 35.5. The van der Waals surface area contributed by atoms with Crippen LogP contribution in [0.25, 0.3) is 0 Å². The highest BCUT2D eigenvalue weighted by Crippen LogP contribution is 2.30. The summed E-state index contributed by atoms with van der Waals surface area (Å²) in [4.78, 5) is 48.1. The fourth-order valence-corrected chi connectivity index (χ4v) is 2.70. The number of amides is 2. The Bertz CT molecular complexity index is 621. The number of benzene rings is 1. The van der Waals surface area contributed by atoms with Crippen LogP contribution in [0.2, 0.25) is 0 Å². The molecule has 7 heteroatoms. The van der Waals surface area contributed by atoms with Crippen molar-refractivity contribution in [2.45, 2.75) is 17.8 Å². The second-order valence-electron chi connectivity index (χ2n) is 4.48. The molecule has 0 aliphatic carbocycles.